The first-order valence-corrected chi connectivity index (χ1v) is 10.8. The molecule has 3 aromatic rings. The van der Waals surface area contributed by atoms with E-state index in [9.17, 15) is 14.4 Å². The lowest BCUT2D eigenvalue weighted by molar-refractivity contribution is 0.0932. The second kappa shape index (κ2) is 9.56. The van der Waals surface area contributed by atoms with Gasteiger partial charge in [-0.25, -0.2) is 0 Å². The fourth-order valence-electron chi connectivity index (χ4n) is 4.14. The Labute approximate surface area is 181 Å². The van der Waals surface area contributed by atoms with Gasteiger partial charge in [-0.05, 0) is 49.3 Å². The van der Waals surface area contributed by atoms with E-state index < -0.39 is 11.5 Å². The molecule has 1 heterocycles. The van der Waals surface area contributed by atoms with Crippen molar-refractivity contribution in [2.24, 2.45) is 0 Å². The van der Waals surface area contributed by atoms with Crippen molar-refractivity contribution in [2.75, 3.05) is 0 Å². The van der Waals surface area contributed by atoms with Gasteiger partial charge in [-0.15, -0.1) is 0 Å². The van der Waals surface area contributed by atoms with Crippen LogP contribution < -0.4 is 10.9 Å². The molecule has 2 N–H and O–H groups in total. The number of carbonyl (C=O) groups is 2. The number of aryl methyl sites for hydroxylation is 2. The minimum Gasteiger partial charge on any atom is -0.345 e. The van der Waals surface area contributed by atoms with Crippen LogP contribution in [0.3, 0.4) is 0 Å². The zero-order chi connectivity index (χ0) is 21.6. The molecule has 2 aromatic carbocycles. The zero-order valence-electron chi connectivity index (χ0n) is 17.4. The summed E-state index contributed by atoms with van der Waals surface area (Å²) in [5, 5.41) is 3.03. The third kappa shape index (κ3) is 5.00. The molecule has 0 radical (unpaired) electrons. The highest BCUT2D eigenvalue weighted by Crippen LogP contribution is 2.22. The molecule has 5 nitrogen and oxygen atoms in total. The Bertz CT molecular complexity index is 1120. The Balaban J connectivity index is 1.52. The molecule has 1 aliphatic rings. The normalized spacial score (nSPS) is 14.0. The van der Waals surface area contributed by atoms with Crippen LogP contribution in [0.4, 0.5) is 0 Å². The Morgan fingerprint density at radius 3 is 2.42 bits per heavy atom. The first-order chi connectivity index (χ1) is 15.1. The van der Waals surface area contributed by atoms with Crippen molar-refractivity contribution in [1.82, 2.24) is 10.3 Å². The van der Waals surface area contributed by atoms with E-state index in [0.717, 1.165) is 31.2 Å². The third-order valence-electron chi connectivity index (χ3n) is 5.81. The van der Waals surface area contributed by atoms with Crippen LogP contribution in [0.25, 0.3) is 0 Å². The number of fused-ring (bicyclic) bond motifs is 1. The molecule has 1 atom stereocenters. The van der Waals surface area contributed by atoms with E-state index in [-0.39, 0.29) is 17.4 Å². The van der Waals surface area contributed by atoms with Crippen LogP contribution >= 0.6 is 0 Å². The van der Waals surface area contributed by atoms with Crippen molar-refractivity contribution >= 4 is 11.7 Å². The van der Waals surface area contributed by atoms with E-state index in [2.05, 4.69) is 22.4 Å². The van der Waals surface area contributed by atoms with Gasteiger partial charge in [-0.2, -0.15) is 0 Å². The maximum Gasteiger partial charge on any atom is 0.261 e. The topological polar surface area (TPSA) is 79.0 Å². The average molecular weight is 415 g/mol. The summed E-state index contributed by atoms with van der Waals surface area (Å²) in [6, 6.07) is 21.3. The molecule has 0 saturated carbocycles. The number of hydrogen-bond acceptors (Lipinski definition) is 3. The number of rotatable bonds is 7. The van der Waals surface area contributed by atoms with E-state index in [1.54, 1.807) is 0 Å². The molecule has 1 aliphatic carbocycles. The van der Waals surface area contributed by atoms with Crippen LogP contribution in [-0.4, -0.2) is 16.7 Å². The molecule has 1 amide bonds. The number of pyridine rings is 1. The third-order valence-corrected chi connectivity index (χ3v) is 5.81. The largest absolute Gasteiger partial charge is 0.345 e. The van der Waals surface area contributed by atoms with Crippen LogP contribution in [0.1, 0.15) is 69.3 Å². The summed E-state index contributed by atoms with van der Waals surface area (Å²) < 4.78 is 0. The number of H-pyrrole nitrogens is 1. The summed E-state index contributed by atoms with van der Waals surface area (Å²) in [6.45, 7) is 0. The SMILES string of the molecule is O=C1CCCc2[nH]c(=O)c(C(=O)NC(CCCc3ccccc3)c3ccccc3)cc21. The highest BCUT2D eigenvalue weighted by molar-refractivity contribution is 6.01. The maximum absolute atomic E-state index is 13.0. The molecule has 0 bridgehead atoms. The number of carbonyl (C=O) groups excluding carboxylic acids is 2. The lowest BCUT2D eigenvalue weighted by atomic mass is 9.93. The van der Waals surface area contributed by atoms with Gasteiger partial charge in [0.25, 0.3) is 11.5 Å². The summed E-state index contributed by atoms with van der Waals surface area (Å²) in [4.78, 5) is 40.5. The lowest BCUT2D eigenvalue weighted by Crippen LogP contribution is -2.34. The molecule has 0 fully saturated rings. The second-order valence-electron chi connectivity index (χ2n) is 8.00. The Morgan fingerprint density at radius 2 is 1.68 bits per heavy atom. The molecular formula is C26H26N2O3. The molecule has 31 heavy (non-hydrogen) atoms. The van der Waals surface area contributed by atoms with Crippen molar-refractivity contribution in [3.8, 4) is 0 Å². The van der Waals surface area contributed by atoms with E-state index in [0.29, 0.717) is 24.1 Å². The number of benzene rings is 2. The predicted octanol–water partition coefficient (Wildman–Crippen LogP) is 4.39. The van der Waals surface area contributed by atoms with Gasteiger partial charge in [0.2, 0.25) is 0 Å². The second-order valence-corrected chi connectivity index (χ2v) is 8.00. The van der Waals surface area contributed by atoms with Gasteiger partial charge in [-0.1, -0.05) is 60.7 Å². The number of ketones is 1. The number of aromatic nitrogens is 1. The summed E-state index contributed by atoms with van der Waals surface area (Å²) >= 11 is 0. The summed E-state index contributed by atoms with van der Waals surface area (Å²) in [6.07, 6.45) is 4.38. The van der Waals surface area contributed by atoms with Crippen molar-refractivity contribution in [1.29, 1.82) is 0 Å². The summed E-state index contributed by atoms with van der Waals surface area (Å²) in [7, 11) is 0. The van der Waals surface area contributed by atoms with Crippen LogP contribution in [-0.2, 0) is 12.8 Å². The predicted molar refractivity (Wildman–Crippen MR) is 120 cm³/mol. The van der Waals surface area contributed by atoms with Gasteiger partial charge < -0.3 is 10.3 Å². The van der Waals surface area contributed by atoms with Crippen molar-refractivity contribution < 1.29 is 9.59 Å². The van der Waals surface area contributed by atoms with Crippen LogP contribution in [0.2, 0.25) is 0 Å². The Morgan fingerprint density at radius 1 is 0.968 bits per heavy atom. The van der Waals surface area contributed by atoms with Crippen molar-refractivity contribution in [2.45, 2.75) is 44.6 Å². The Kier molecular flexibility index (Phi) is 6.41. The Hall–Kier alpha value is -3.47. The molecule has 0 aliphatic heterocycles. The monoisotopic (exact) mass is 414 g/mol. The maximum atomic E-state index is 13.0. The quantitative estimate of drug-likeness (QED) is 0.602. The van der Waals surface area contributed by atoms with E-state index in [1.165, 1.54) is 11.6 Å². The fraction of sp³-hybridized carbons (Fsp3) is 0.269. The van der Waals surface area contributed by atoms with Gasteiger partial charge in [0.15, 0.2) is 5.78 Å². The van der Waals surface area contributed by atoms with Crippen molar-refractivity contribution in [3.63, 3.8) is 0 Å². The van der Waals surface area contributed by atoms with Gasteiger partial charge in [-0.3, -0.25) is 14.4 Å². The number of nitrogens with one attached hydrogen (secondary N) is 2. The highest BCUT2D eigenvalue weighted by atomic mass is 16.2. The smallest absolute Gasteiger partial charge is 0.261 e. The van der Waals surface area contributed by atoms with E-state index in [4.69, 9.17) is 0 Å². The van der Waals surface area contributed by atoms with E-state index in [1.807, 2.05) is 48.5 Å². The number of Topliss-reactive ketones (excluding diaryl/α,β-unsaturated/α-hetero) is 1. The standard InChI is InChI=1S/C26H26N2O3/c29-24-16-8-15-23-20(24)17-21(26(31)28-23)25(30)27-22(19-12-5-2-6-13-19)14-7-11-18-9-3-1-4-10-18/h1-6,9-10,12-13,17,22H,7-8,11,14-16H2,(H,27,30)(H,28,31). The number of aromatic amines is 1. The minimum atomic E-state index is -0.448. The fourth-order valence-corrected chi connectivity index (χ4v) is 4.14. The van der Waals surface area contributed by atoms with Crippen molar-refractivity contribution in [3.05, 3.63) is 105 Å². The van der Waals surface area contributed by atoms with Crippen LogP contribution in [0, 0.1) is 0 Å². The zero-order valence-corrected chi connectivity index (χ0v) is 17.4. The molecule has 1 aromatic heterocycles. The lowest BCUT2D eigenvalue weighted by Gasteiger charge is -2.20. The first kappa shape index (κ1) is 20.8. The molecular weight excluding hydrogens is 388 g/mol. The first-order valence-electron chi connectivity index (χ1n) is 10.8. The number of hydrogen-bond donors (Lipinski definition) is 2. The molecule has 1 unspecified atom stereocenters. The molecule has 0 spiro atoms. The van der Waals surface area contributed by atoms with E-state index >= 15 is 0 Å². The van der Waals surface area contributed by atoms with Gasteiger partial charge in [0.1, 0.15) is 5.56 Å². The highest BCUT2D eigenvalue weighted by Gasteiger charge is 2.23. The van der Waals surface area contributed by atoms with Crippen LogP contribution in [0.5, 0.6) is 0 Å². The average Bonchev–Trinajstić information content (AvgIpc) is 2.79. The van der Waals surface area contributed by atoms with Gasteiger partial charge in [0, 0.05) is 17.7 Å². The minimum absolute atomic E-state index is 0.00186. The van der Waals surface area contributed by atoms with Gasteiger partial charge >= 0.3 is 0 Å². The molecule has 4 rings (SSSR count). The number of amides is 1. The van der Waals surface area contributed by atoms with Gasteiger partial charge in [0.05, 0.1) is 6.04 Å². The summed E-state index contributed by atoms with van der Waals surface area (Å²) in [5.41, 5.74) is 2.91. The molecule has 158 valence electrons. The molecule has 0 saturated heterocycles. The summed E-state index contributed by atoms with van der Waals surface area (Å²) in [5.74, 6) is -0.468. The molecule has 5 heteroatoms. The van der Waals surface area contributed by atoms with Crippen LogP contribution in [0.15, 0.2) is 71.5 Å².